The summed E-state index contributed by atoms with van der Waals surface area (Å²) < 4.78 is 0. The van der Waals surface area contributed by atoms with Crippen LogP contribution in [0.15, 0.2) is 35.7 Å². The molecule has 1 fully saturated rings. The summed E-state index contributed by atoms with van der Waals surface area (Å²) in [4.78, 5) is 26.0. The highest BCUT2D eigenvalue weighted by atomic mass is 35.5. The topological polar surface area (TPSA) is 84.2 Å². The Balaban J connectivity index is 1.66. The van der Waals surface area contributed by atoms with Gasteiger partial charge in [0.15, 0.2) is 0 Å². The minimum absolute atomic E-state index is 0.0368. The maximum Gasteiger partial charge on any atom is 0.253 e. The van der Waals surface area contributed by atoms with Gasteiger partial charge in [-0.15, -0.1) is 11.3 Å². The van der Waals surface area contributed by atoms with Gasteiger partial charge >= 0.3 is 0 Å². The maximum absolute atomic E-state index is 12.5. The fourth-order valence-corrected chi connectivity index (χ4v) is 4.20. The van der Waals surface area contributed by atoms with Gasteiger partial charge in [-0.25, -0.2) is 0 Å². The van der Waals surface area contributed by atoms with Crippen LogP contribution in [0.25, 0.3) is 0 Å². The van der Waals surface area contributed by atoms with Crippen molar-refractivity contribution in [3.8, 4) is 0 Å². The highest BCUT2D eigenvalue weighted by molar-refractivity contribution is 7.09. The van der Waals surface area contributed by atoms with Crippen molar-refractivity contribution in [3.63, 3.8) is 0 Å². The largest absolute Gasteiger partial charge is 0.347 e. The summed E-state index contributed by atoms with van der Waals surface area (Å²) in [6.07, 6.45) is 2.87. The third-order valence-electron chi connectivity index (χ3n) is 4.78. The van der Waals surface area contributed by atoms with Crippen LogP contribution >= 0.6 is 22.9 Å². The van der Waals surface area contributed by atoms with Crippen LogP contribution in [0.2, 0.25) is 5.02 Å². The van der Waals surface area contributed by atoms with Crippen molar-refractivity contribution < 1.29 is 9.59 Å². The number of hydrogen-bond acceptors (Lipinski definition) is 4. The highest BCUT2D eigenvalue weighted by Crippen LogP contribution is 2.32. The van der Waals surface area contributed by atoms with Gasteiger partial charge in [-0.3, -0.25) is 9.59 Å². The number of rotatable bonds is 6. The molecular weight excluding hydrogens is 370 g/mol. The Morgan fingerprint density at radius 1 is 1.27 bits per heavy atom. The first kappa shape index (κ1) is 18.9. The van der Waals surface area contributed by atoms with E-state index < -0.39 is 0 Å². The molecule has 7 heteroatoms. The molecule has 138 valence electrons. The predicted octanol–water partition coefficient (Wildman–Crippen LogP) is 3.65. The van der Waals surface area contributed by atoms with Gasteiger partial charge < -0.3 is 16.4 Å². The van der Waals surface area contributed by atoms with Gasteiger partial charge in [0.2, 0.25) is 5.91 Å². The first-order valence-electron chi connectivity index (χ1n) is 8.69. The second kappa shape index (κ2) is 8.66. The third-order valence-corrected chi connectivity index (χ3v) is 5.99. The van der Waals surface area contributed by atoms with E-state index in [0.29, 0.717) is 29.4 Å². The Morgan fingerprint density at radius 2 is 2.12 bits per heavy atom. The summed E-state index contributed by atoms with van der Waals surface area (Å²) in [6, 6.07) is 8.86. The van der Waals surface area contributed by atoms with E-state index in [-0.39, 0.29) is 23.7 Å². The van der Waals surface area contributed by atoms with Crippen molar-refractivity contribution in [2.24, 2.45) is 17.6 Å². The van der Waals surface area contributed by atoms with Crippen molar-refractivity contribution in [1.29, 1.82) is 0 Å². The van der Waals surface area contributed by atoms with Crippen molar-refractivity contribution in [1.82, 2.24) is 5.32 Å². The minimum Gasteiger partial charge on any atom is -0.347 e. The molecule has 0 radical (unpaired) electrons. The van der Waals surface area contributed by atoms with Crippen LogP contribution in [0.4, 0.5) is 5.69 Å². The van der Waals surface area contributed by atoms with Crippen molar-refractivity contribution in [2.45, 2.75) is 25.8 Å². The number of nitrogens with one attached hydrogen (secondary N) is 2. The molecule has 1 aromatic heterocycles. The van der Waals surface area contributed by atoms with Gasteiger partial charge in [0.25, 0.3) is 5.91 Å². The average molecular weight is 392 g/mol. The molecular formula is C19H22ClN3O2S. The van der Waals surface area contributed by atoms with Gasteiger partial charge in [0, 0.05) is 16.5 Å². The molecule has 0 spiro atoms. The lowest BCUT2D eigenvalue weighted by Gasteiger charge is -2.18. The molecule has 0 bridgehead atoms. The average Bonchev–Trinajstić information content (AvgIpc) is 3.32. The van der Waals surface area contributed by atoms with Crippen molar-refractivity contribution >= 4 is 40.4 Å². The zero-order valence-corrected chi connectivity index (χ0v) is 15.9. The maximum atomic E-state index is 12.5. The van der Waals surface area contributed by atoms with E-state index in [9.17, 15) is 9.59 Å². The molecule has 0 saturated heterocycles. The van der Waals surface area contributed by atoms with E-state index in [1.165, 1.54) is 0 Å². The predicted molar refractivity (Wildman–Crippen MR) is 105 cm³/mol. The Kier molecular flexibility index (Phi) is 6.29. The molecule has 0 unspecified atom stereocenters. The van der Waals surface area contributed by atoms with Crippen molar-refractivity contribution in [3.05, 3.63) is 51.2 Å². The SMILES string of the molecule is NC[C@H]1CCC[C@H]1C(=O)Nc1ccc(Cl)c(C(=O)NCc2cccs2)c1. The van der Waals surface area contributed by atoms with E-state index in [1.807, 2.05) is 17.5 Å². The van der Waals surface area contributed by atoms with Crippen molar-refractivity contribution in [2.75, 3.05) is 11.9 Å². The van der Waals surface area contributed by atoms with Crippen LogP contribution in [0.3, 0.4) is 0 Å². The summed E-state index contributed by atoms with van der Waals surface area (Å²) >= 11 is 7.75. The van der Waals surface area contributed by atoms with Gasteiger partial charge in [-0.05, 0) is 54.9 Å². The number of nitrogens with two attached hydrogens (primary N) is 1. The van der Waals surface area contributed by atoms with Gasteiger partial charge in [-0.2, -0.15) is 0 Å². The fraction of sp³-hybridized carbons (Fsp3) is 0.368. The van der Waals surface area contributed by atoms with Gasteiger partial charge in [-0.1, -0.05) is 24.1 Å². The molecule has 1 aromatic carbocycles. The first-order valence-corrected chi connectivity index (χ1v) is 9.95. The monoisotopic (exact) mass is 391 g/mol. The lowest BCUT2D eigenvalue weighted by molar-refractivity contribution is -0.120. The summed E-state index contributed by atoms with van der Waals surface area (Å²) in [5.41, 5.74) is 6.69. The number of amides is 2. The van der Waals surface area contributed by atoms with Crippen LogP contribution in [0.5, 0.6) is 0 Å². The quantitative estimate of drug-likeness (QED) is 0.702. The molecule has 4 N–H and O–H groups in total. The second-order valence-corrected chi connectivity index (χ2v) is 7.92. The standard InChI is InChI=1S/C19H22ClN3O2S/c20-17-7-6-13(23-19(25)15-5-1-3-12(15)10-21)9-16(17)18(24)22-11-14-4-2-8-26-14/h2,4,6-9,12,15H,1,3,5,10-11,21H2,(H,22,24)(H,23,25)/t12-,15-/m1/s1. The number of halogens is 1. The van der Waals surface area contributed by atoms with E-state index >= 15 is 0 Å². The highest BCUT2D eigenvalue weighted by Gasteiger charge is 2.32. The normalized spacial score (nSPS) is 19.3. The molecule has 1 aliphatic rings. The summed E-state index contributed by atoms with van der Waals surface area (Å²) in [5.74, 6) is -0.131. The third kappa shape index (κ3) is 4.44. The molecule has 2 amide bonds. The number of carbonyl (C=O) groups excluding carboxylic acids is 2. The molecule has 2 atom stereocenters. The fourth-order valence-electron chi connectivity index (χ4n) is 3.35. The van der Waals surface area contributed by atoms with Gasteiger partial charge in [0.05, 0.1) is 17.1 Å². The Labute approximate surface area is 161 Å². The summed E-state index contributed by atoms with van der Waals surface area (Å²) in [7, 11) is 0. The molecule has 26 heavy (non-hydrogen) atoms. The minimum atomic E-state index is -0.264. The van der Waals surface area contributed by atoms with Crippen LogP contribution in [-0.4, -0.2) is 18.4 Å². The Bertz CT molecular complexity index is 779. The van der Waals surface area contributed by atoms with Crippen LogP contribution in [0.1, 0.15) is 34.5 Å². The van der Waals surface area contributed by atoms with E-state index in [4.69, 9.17) is 17.3 Å². The molecule has 1 saturated carbocycles. The van der Waals surface area contributed by atoms with E-state index in [2.05, 4.69) is 10.6 Å². The van der Waals surface area contributed by atoms with E-state index in [0.717, 1.165) is 24.1 Å². The van der Waals surface area contributed by atoms with Crippen LogP contribution in [0, 0.1) is 11.8 Å². The molecule has 1 aliphatic carbocycles. The number of thiophene rings is 1. The Morgan fingerprint density at radius 3 is 2.85 bits per heavy atom. The summed E-state index contributed by atoms with van der Waals surface area (Å²) in [5, 5.41) is 8.08. The lowest BCUT2D eigenvalue weighted by atomic mass is 9.95. The zero-order chi connectivity index (χ0) is 18.5. The Hall–Kier alpha value is -1.89. The molecule has 0 aliphatic heterocycles. The lowest BCUT2D eigenvalue weighted by Crippen LogP contribution is -2.30. The number of hydrogen-bond donors (Lipinski definition) is 3. The van der Waals surface area contributed by atoms with Crippen LogP contribution in [-0.2, 0) is 11.3 Å². The summed E-state index contributed by atoms with van der Waals surface area (Å²) in [6.45, 7) is 0.971. The van der Waals surface area contributed by atoms with E-state index in [1.54, 1.807) is 29.5 Å². The molecule has 2 aromatic rings. The number of benzene rings is 1. The molecule has 3 rings (SSSR count). The molecule has 5 nitrogen and oxygen atoms in total. The zero-order valence-electron chi connectivity index (χ0n) is 14.3. The second-order valence-electron chi connectivity index (χ2n) is 6.48. The van der Waals surface area contributed by atoms with Crippen LogP contribution < -0.4 is 16.4 Å². The number of carbonyl (C=O) groups is 2. The smallest absolute Gasteiger partial charge is 0.253 e. The van der Waals surface area contributed by atoms with Gasteiger partial charge in [0.1, 0.15) is 0 Å². The molecule has 1 heterocycles. The number of anilines is 1. The first-order chi connectivity index (χ1) is 12.6.